The van der Waals surface area contributed by atoms with Crippen LogP contribution in [-0.4, -0.2) is 11.5 Å². The molecule has 1 aromatic heterocycles. The molecule has 0 spiro atoms. The van der Waals surface area contributed by atoms with E-state index >= 15 is 0 Å². The summed E-state index contributed by atoms with van der Waals surface area (Å²) in [5, 5.41) is 0. The van der Waals surface area contributed by atoms with Gasteiger partial charge in [-0.2, -0.15) is 0 Å². The van der Waals surface area contributed by atoms with Crippen LogP contribution in [0, 0.1) is 5.82 Å². The molecule has 94 valence electrons. The Morgan fingerprint density at radius 1 is 1.22 bits per heavy atom. The van der Waals surface area contributed by atoms with Crippen molar-refractivity contribution in [1.82, 2.24) is 4.98 Å². The highest BCUT2D eigenvalue weighted by atomic mass is 19.1. The Bertz CT molecular complexity index is 513. The zero-order valence-electron chi connectivity index (χ0n) is 10.4. The van der Waals surface area contributed by atoms with Crippen molar-refractivity contribution < 1.29 is 4.39 Å². The van der Waals surface area contributed by atoms with Crippen LogP contribution in [0.4, 0.5) is 4.39 Å². The molecule has 3 heteroatoms. The van der Waals surface area contributed by atoms with Crippen LogP contribution in [0.5, 0.6) is 0 Å². The summed E-state index contributed by atoms with van der Waals surface area (Å²) in [6.45, 7) is 2.53. The summed E-state index contributed by atoms with van der Waals surface area (Å²) in [5.74, 6) is -0.215. The molecule has 0 saturated carbocycles. The van der Waals surface area contributed by atoms with Crippen molar-refractivity contribution in [2.45, 2.75) is 18.8 Å². The highest BCUT2D eigenvalue weighted by Gasteiger charge is 2.26. The van der Waals surface area contributed by atoms with Crippen LogP contribution in [0.2, 0.25) is 0 Å². The molecule has 0 aliphatic rings. The van der Waals surface area contributed by atoms with Crippen molar-refractivity contribution in [3.63, 3.8) is 0 Å². The number of benzene rings is 1. The summed E-state index contributed by atoms with van der Waals surface area (Å²) >= 11 is 0. The Kier molecular flexibility index (Phi) is 3.72. The van der Waals surface area contributed by atoms with Crippen LogP contribution in [0.3, 0.4) is 0 Å². The molecular weight excluding hydrogens is 227 g/mol. The minimum atomic E-state index is -0.269. The van der Waals surface area contributed by atoms with E-state index in [0.717, 1.165) is 11.3 Å². The van der Waals surface area contributed by atoms with E-state index < -0.39 is 0 Å². The number of pyridine rings is 1. The summed E-state index contributed by atoms with van der Waals surface area (Å²) in [7, 11) is 0. The van der Waals surface area contributed by atoms with Gasteiger partial charge in [0.05, 0.1) is 0 Å². The normalized spacial score (nSPS) is 14.2. The third kappa shape index (κ3) is 2.74. The molecule has 0 bridgehead atoms. The van der Waals surface area contributed by atoms with Crippen LogP contribution >= 0.6 is 0 Å². The number of nitrogens with zero attached hydrogens (tertiary/aromatic N) is 1. The summed E-state index contributed by atoms with van der Waals surface area (Å²) in [4.78, 5) is 4.37. The van der Waals surface area contributed by atoms with Gasteiger partial charge >= 0.3 is 0 Å². The fraction of sp³-hybridized carbons (Fsp3) is 0.267. The zero-order valence-corrected chi connectivity index (χ0v) is 10.4. The van der Waals surface area contributed by atoms with Crippen LogP contribution in [0.15, 0.2) is 48.7 Å². The first kappa shape index (κ1) is 12.7. The van der Waals surface area contributed by atoms with Crippen molar-refractivity contribution in [2.24, 2.45) is 5.73 Å². The summed E-state index contributed by atoms with van der Waals surface area (Å²) in [6.07, 6.45) is 2.44. The molecule has 0 saturated heterocycles. The van der Waals surface area contributed by atoms with Gasteiger partial charge in [0.2, 0.25) is 0 Å². The molecule has 1 aromatic carbocycles. The average Bonchev–Trinajstić information content (AvgIpc) is 2.39. The predicted octanol–water partition coefficient (Wildman–Crippen LogP) is 2.68. The van der Waals surface area contributed by atoms with Gasteiger partial charge in [-0.3, -0.25) is 4.98 Å². The van der Waals surface area contributed by atoms with Gasteiger partial charge in [0, 0.05) is 23.9 Å². The number of halogens is 1. The number of hydrogen-bond donors (Lipinski definition) is 1. The Hall–Kier alpha value is -1.74. The standard InChI is InChI=1S/C15H17FN2/c1-15(11-17,14-7-2-3-8-18-14)10-12-5-4-6-13(16)9-12/h2-9H,10-11,17H2,1H3. The SMILES string of the molecule is CC(CN)(Cc1cccc(F)c1)c1ccccn1. The maximum Gasteiger partial charge on any atom is 0.123 e. The highest BCUT2D eigenvalue weighted by Crippen LogP contribution is 2.25. The lowest BCUT2D eigenvalue weighted by Crippen LogP contribution is -2.35. The third-order valence-corrected chi connectivity index (χ3v) is 3.22. The first-order valence-electron chi connectivity index (χ1n) is 6.00. The van der Waals surface area contributed by atoms with Crippen LogP contribution in [0.25, 0.3) is 0 Å². The number of hydrogen-bond acceptors (Lipinski definition) is 2. The Balaban J connectivity index is 2.29. The van der Waals surface area contributed by atoms with E-state index in [0.29, 0.717) is 13.0 Å². The average molecular weight is 244 g/mol. The van der Waals surface area contributed by atoms with Gasteiger partial charge in [-0.1, -0.05) is 25.1 Å². The van der Waals surface area contributed by atoms with E-state index in [9.17, 15) is 4.39 Å². The summed E-state index contributed by atoms with van der Waals surface area (Å²) in [6, 6.07) is 12.4. The Morgan fingerprint density at radius 3 is 2.67 bits per heavy atom. The molecule has 2 nitrogen and oxygen atoms in total. The third-order valence-electron chi connectivity index (χ3n) is 3.22. The molecular formula is C15H17FN2. The van der Waals surface area contributed by atoms with Crippen molar-refractivity contribution in [1.29, 1.82) is 0 Å². The van der Waals surface area contributed by atoms with Crippen molar-refractivity contribution in [3.05, 3.63) is 65.7 Å². The van der Waals surface area contributed by atoms with Crippen molar-refractivity contribution in [2.75, 3.05) is 6.54 Å². The molecule has 2 N–H and O–H groups in total. The first-order chi connectivity index (χ1) is 8.64. The maximum absolute atomic E-state index is 13.2. The smallest absolute Gasteiger partial charge is 0.123 e. The molecule has 1 unspecified atom stereocenters. The van der Waals surface area contributed by atoms with Gasteiger partial charge in [0.1, 0.15) is 5.82 Å². The van der Waals surface area contributed by atoms with E-state index in [1.54, 1.807) is 18.3 Å². The highest BCUT2D eigenvalue weighted by molar-refractivity contribution is 5.25. The van der Waals surface area contributed by atoms with Gasteiger partial charge in [0.15, 0.2) is 0 Å². The molecule has 1 atom stereocenters. The number of aromatic nitrogens is 1. The summed E-state index contributed by atoms with van der Waals surface area (Å²) in [5.41, 5.74) is 7.50. The Morgan fingerprint density at radius 2 is 2.06 bits per heavy atom. The fourth-order valence-corrected chi connectivity index (χ4v) is 2.08. The minimum Gasteiger partial charge on any atom is -0.330 e. The summed E-state index contributed by atoms with van der Waals surface area (Å²) < 4.78 is 13.2. The molecule has 0 radical (unpaired) electrons. The fourth-order valence-electron chi connectivity index (χ4n) is 2.08. The lowest BCUT2D eigenvalue weighted by atomic mass is 9.80. The monoisotopic (exact) mass is 244 g/mol. The first-order valence-corrected chi connectivity index (χ1v) is 6.00. The molecule has 0 aliphatic carbocycles. The topological polar surface area (TPSA) is 38.9 Å². The lowest BCUT2D eigenvalue weighted by Gasteiger charge is -2.27. The van der Waals surface area contributed by atoms with Crippen LogP contribution in [-0.2, 0) is 11.8 Å². The van der Waals surface area contributed by atoms with Gasteiger partial charge in [0.25, 0.3) is 0 Å². The molecule has 0 aliphatic heterocycles. The largest absolute Gasteiger partial charge is 0.330 e. The molecule has 18 heavy (non-hydrogen) atoms. The van der Waals surface area contributed by atoms with Crippen molar-refractivity contribution in [3.8, 4) is 0 Å². The number of rotatable bonds is 4. The van der Waals surface area contributed by atoms with Crippen LogP contribution < -0.4 is 5.73 Å². The maximum atomic E-state index is 13.2. The second-order valence-electron chi connectivity index (χ2n) is 4.79. The van der Waals surface area contributed by atoms with E-state index in [1.165, 1.54) is 6.07 Å². The van der Waals surface area contributed by atoms with E-state index in [2.05, 4.69) is 11.9 Å². The minimum absolute atomic E-state index is 0.215. The van der Waals surface area contributed by atoms with Gasteiger partial charge in [-0.05, 0) is 36.2 Å². The van der Waals surface area contributed by atoms with Crippen molar-refractivity contribution >= 4 is 0 Å². The molecule has 2 rings (SSSR count). The van der Waals surface area contributed by atoms with Crippen LogP contribution in [0.1, 0.15) is 18.2 Å². The molecule has 2 aromatic rings. The lowest BCUT2D eigenvalue weighted by molar-refractivity contribution is 0.465. The molecule has 0 fully saturated rings. The van der Waals surface area contributed by atoms with E-state index in [1.807, 2.05) is 24.3 Å². The molecule has 0 amide bonds. The predicted molar refractivity (Wildman–Crippen MR) is 70.7 cm³/mol. The number of nitrogens with two attached hydrogens (primary N) is 1. The molecule has 1 heterocycles. The Labute approximate surface area is 107 Å². The van der Waals surface area contributed by atoms with Gasteiger partial charge < -0.3 is 5.73 Å². The van der Waals surface area contributed by atoms with E-state index in [-0.39, 0.29) is 11.2 Å². The zero-order chi connectivity index (χ0) is 13.0. The van der Waals surface area contributed by atoms with E-state index in [4.69, 9.17) is 5.73 Å². The van der Waals surface area contributed by atoms with Gasteiger partial charge in [-0.25, -0.2) is 4.39 Å². The second-order valence-corrected chi connectivity index (χ2v) is 4.79. The van der Waals surface area contributed by atoms with Gasteiger partial charge in [-0.15, -0.1) is 0 Å². The quantitative estimate of drug-likeness (QED) is 0.898. The second kappa shape index (κ2) is 5.27.